The lowest BCUT2D eigenvalue weighted by Gasteiger charge is -2.09. The standard InChI is InChI=1S/C13H13BrN2O4S2/c1-21(17,18)13-7-11(4-5-12(13)14)22(19,20)16-9-10-3-2-6-15-8-10/h2-8,16H,9H2,1H3. The molecule has 0 aliphatic heterocycles. The van der Waals surface area contributed by atoms with Gasteiger partial charge in [-0.1, -0.05) is 6.07 Å². The number of benzene rings is 1. The SMILES string of the molecule is CS(=O)(=O)c1cc(S(=O)(=O)NCc2cccnc2)ccc1Br. The number of hydrogen-bond acceptors (Lipinski definition) is 5. The van der Waals surface area contributed by atoms with Gasteiger partial charge in [0.2, 0.25) is 10.0 Å². The smallest absolute Gasteiger partial charge is 0.240 e. The van der Waals surface area contributed by atoms with Gasteiger partial charge < -0.3 is 0 Å². The van der Waals surface area contributed by atoms with Crippen LogP contribution in [0, 0.1) is 0 Å². The third kappa shape index (κ3) is 4.13. The molecule has 2 rings (SSSR count). The monoisotopic (exact) mass is 404 g/mol. The van der Waals surface area contributed by atoms with Crippen LogP contribution in [0.25, 0.3) is 0 Å². The number of halogens is 1. The average Bonchev–Trinajstić information content (AvgIpc) is 2.45. The fraction of sp³-hybridized carbons (Fsp3) is 0.154. The highest BCUT2D eigenvalue weighted by atomic mass is 79.9. The summed E-state index contributed by atoms with van der Waals surface area (Å²) >= 11 is 3.11. The van der Waals surface area contributed by atoms with Gasteiger partial charge in [0.25, 0.3) is 0 Å². The molecule has 2 aromatic rings. The number of rotatable bonds is 5. The van der Waals surface area contributed by atoms with E-state index in [1.54, 1.807) is 24.5 Å². The van der Waals surface area contributed by atoms with Crippen LogP contribution in [0.4, 0.5) is 0 Å². The van der Waals surface area contributed by atoms with E-state index in [2.05, 4.69) is 25.6 Å². The van der Waals surface area contributed by atoms with E-state index in [9.17, 15) is 16.8 Å². The molecule has 22 heavy (non-hydrogen) atoms. The Balaban J connectivity index is 2.30. The Labute approximate surface area is 137 Å². The summed E-state index contributed by atoms with van der Waals surface area (Å²) in [5.74, 6) is 0. The molecule has 0 saturated carbocycles. The number of sulfonamides is 1. The fourth-order valence-electron chi connectivity index (χ4n) is 1.70. The maximum atomic E-state index is 12.3. The van der Waals surface area contributed by atoms with Crippen LogP contribution in [0.5, 0.6) is 0 Å². The van der Waals surface area contributed by atoms with Gasteiger partial charge in [0.15, 0.2) is 9.84 Å². The molecule has 1 aromatic carbocycles. The molecule has 6 nitrogen and oxygen atoms in total. The Morgan fingerprint density at radius 3 is 2.50 bits per heavy atom. The zero-order valence-electron chi connectivity index (χ0n) is 11.5. The van der Waals surface area contributed by atoms with Crippen LogP contribution in [0.2, 0.25) is 0 Å². The molecular formula is C13H13BrN2O4S2. The van der Waals surface area contributed by atoms with E-state index in [4.69, 9.17) is 0 Å². The van der Waals surface area contributed by atoms with E-state index < -0.39 is 19.9 Å². The van der Waals surface area contributed by atoms with Crippen molar-refractivity contribution < 1.29 is 16.8 Å². The Kier molecular flexibility index (Phi) is 5.00. The van der Waals surface area contributed by atoms with Crippen molar-refractivity contribution in [1.82, 2.24) is 9.71 Å². The van der Waals surface area contributed by atoms with Crippen molar-refractivity contribution in [1.29, 1.82) is 0 Å². The highest BCUT2D eigenvalue weighted by Crippen LogP contribution is 2.25. The van der Waals surface area contributed by atoms with Crippen LogP contribution >= 0.6 is 15.9 Å². The Morgan fingerprint density at radius 1 is 1.18 bits per heavy atom. The largest absolute Gasteiger partial charge is 0.264 e. The zero-order chi connectivity index (χ0) is 16.4. The van der Waals surface area contributed by atoms with Crippen LogP contribution in [0.15, 0.2) is 57.0 Å². The summed E-state index contributed by atoms with van der Waals surface area (Å²) in [5.41, 5.74) is 0.700. The van der Waals surface area contributed by atoms with E-state index in [0.717, 1.165) is 12.3 Å². The summed E-state index contributed by atoms with van der Waals surface area (Å²) in [6, 6.07) is 7.30. The maximum absolute atomic E-state index is 12.3. The van der Waals surface area contributed by atoms with Crippen LogP contribution in [0.1, 0.15) is 5.56 Å². The lowest BCUT2D eigenvalue weighted by atomic mass is 10.3. The van der Waals surface area contributed by atoms with Crippen molar-refractivity contribution in [3.8, 4) is 0 Å². The summed E-state index contributed by atoms with van der Waals surface area (Å²) in [5, 5.41) is 0. The molecule has 0 bridgehead atoms. The van der Waals surface area contributed by atoms with Crippen molar-refractivity contribution >= 4 is 35.8 Å². The average molecular weight is 405 g/mol. The molecule has 1 aromatic heterocycles. The number of nitrogens with one attached hydrogen (secondary N) is 1. The normalized spacial score (nSPS) is 12.3. The molecule has 0 aliphatic rings. The van der Waals surface area contributed by atoms with Gasteiger partial charge in [0, 0.05) is 29.7 Å². The predicted octanol–water partition coefficient (Wildman–Crippen LogP) is 1.73. The molecule has 0 unspecified atom stereocenters. The summed E-state index contributed by atoms with van der Waals surface area (Å²) < 4.78 is 50.6. The second kappa shape index (κ2) is 6.45. The molecule has 1 heterocycles. The van der Waals surface area contributed by atoms with Gasteiger partial charge in [0.1, 0.15) is 0 Å². The second-order valence-corrected chi connectivity index (χ2v) is 9.16. The van der Waals surface area contributed by atoms with Crippen LogP contribution < -0.4 is 4.72 Å². The summed E-state index contributed by atoms with van der Waals surface area (Å²) in [6.07, 6.45) is 4.16. The molecule has 0 radical (unpaired) electrons. The first-order chi connectivity index (χ1) is 10.2. The third-order valence-electron chi connectivity index (χ3n) is 2.80. The van der Waals surface area contributed by atoms with Crippen molar-refractivity contribution in [3.05, 3.63) is 52.8 Å². The van der Waals surface area contributed by atoms with Crippen LogP contribution in [0.3, 0.4) is 0 Å². The Morgan fingerprint density at radius 2 is 1.91 bits per heavy atom. The molecule has 0 fully saturated rings. The lowest BCUT2D eigenvalue weighted by Crippen LogP contribution is -2.23. The highest BCUT2D eigenvalue weighted by molar-refractivity contribution is 9.10. The molecule has 0 aliphatic carbocycles. The minimum absolute atomic E-state index is 0.0699. The first-order valence-corrected chi connectivity index (χ1v) is 10.2. The molecule has 118 valence electrons. The second-order valence-electron chi connectivity index (χ2n) is 4.55. The molecule has 0 spiro atoms. The number of nitrogens with zero attached hydrogens (tertiary/aromatic N) is 1. The van der Waals surface area contributed by atoms with Gasteiger partial charge in [-0.3, -0.25) is 4.98 Å². The van der Waals surface area contributed by atoms with Crippen LogP contribution in [-0.4, -0.2) is 28.1 Å². The topological polar surface area (TPSA) is 93.2 Å². The maximum Gasteiger partial charge on any atom is 0.240 e. The van der Waals surface area contributed by atoms with Gasteiger partial charge in [-0.25, -0.2) is 21.6 Å². The molecule has 1 N–H and O–H groups in total. The summed E-state index contributed by atoms with van der Waals surface area (Å²) in [6.45, 7) is 0.0699. The molecule has 0 amide bonds. The van der Waals surface area contributed by atoms with Gasteiger partial charge in [0.05, 0.1) is 9.79 Å². The number of sulfone groups is 1. The summed E-state index contributed by atoms with van der Waals surface area (Å²) in [4.78, 5) is 3.71. The number of aromatic nitrogens is 1. The van der Waals surface area contributed by atoms with Crippen molar-refractivity contribution in [2.75, 3.05) is 6.26 Å². The molecule has 0 saturated heterocycles. The number of pyridine rings is 1. The quantitative estimate of drug-likeness (QED) is 0.818. The van der Waals surface area contributed by atoms with Crippen molar-refractivity contribution in [2.24, 2.45) is 0 Å². The first kappa shape index (κ1) is 17.1. The van der Waals surface area contributed by atoms with E-state index in [-0.39, 0.29) is 16.3 Å². The molecular weight excluding hydrogens is 392 g/mol. The number of hydrogen-bond donors (Lipinski definition) is 1. The Bertz CT molecular complexity index is 882. The first-order valence-electron chi connectivity index (χ1n) is 6.08. The Hall–Kier alpha value is -1.29. The highest BCUT2D eigenvalue weighted by Gasteiger charge is 2.19. The van der Waals surface area contributed by atoms with Gasteiger partial charge >= 0.3 is 0 Å². The predicted molar refractivity (Wildman–Crippen MR) is 85.5 cm³/mol. The van der Waals surface area contributed by atoms with Gasteiger partial charge in [-0.2, -0.15) is 0 Å². The van der Waals surface area contributed by atoms with E-state index in [1.165, 1.54) is 12.1 Å². The fourth-order valence-corrected chi connectivity index (χ4v) is 4.71. The minimum Gasteiger partial charge on any atom is -0.264 e. The van der Waals surface area contributed by atoms with E-state index in [1.807, 2.05) is 0 Å². The van der Waals surface area contributed by atoms with Crippen molar-refractivity contribution in [3.63, 3.8) is 0 Å². The lowest BCUT2D eigenvalue weighted by molar-refractivity contribution is 0.581. The molecule has 9 heteroatoms. The third-order valence-corrected chi connectivity index (χ3v) is 6.29. The van der Waals surface area contributed by atoms with Crippen LogP contribution in [-0.2, 0) is 26.4 Å². The molecule has 0 atom stereocenters. The van der Waals surface area contributed by atoms with Crippen molar-refractivity contribution in [2.45, 2.75) is 16.3 Å². The van der Waals surface area contributed by atoms with Gasteiger partial charge in [-0.05, 0) is 45.8 Å². The zero-order valence-corrected chi connectivity index (χ0v) is 14.7. The summed E-state index contributed by atoms with van der Waals surface area (Å²) in [7, 11) is -7.35. The van der Waals surface area contributed by atoms with Gasteiger partial charge in [-0.15, -0.1) is 0 Å². The minimum atomic E-state index is -3.82. The van der Waals surface area contributed by atoms with E-state index in [0.29, 0.717) is 10.0 Å². The van der Waals surface area contributed by atoms with E-state index >= 15 is 0 Å².